The van der Waals surface area contributed by atoms with Gasteiger partial charge in [-0.1, -0.05) is 46.3 Å². The van der Waals surface area contributed by atoms with Crippen LogP contribution < -0.4 is 0 Å². The molecule has 0 aromatic carbocycles. The number of aliphatic hydroxyl groups is 6. The molecule has 5 rings (SSSR count). The van der Waals surface area contributed by atoms with Gasteiger partial charge in [-0.25, -0.2) is 0 Å². The third-order valence-corrected chi connectivity index (χ3v) is 14.4. The van der Waals surface area contributed by atoms with Gasteiger partial charge in [0.25, 0.3) is 0 Å². The Hall–Kier alpha value is -0.580. The van der Waals surface area contributed by atoms with Crippen molar-refractivity contribution in [2.24, 2.45) is 45.3 Å². The van der Waals surface area contributed by atoms with E-state index in [4.69, 9.17) is 9.47 Å². The predicted molar refractivity (Wildman–Crippen MR) is 168 cm³/mol. The summed E-state index contributed by atoms with van der Waals surface area (Å²) in [5.41, 5.74) is 0.0542. The standard InChI is InChI=1S/C36H62O8/c1-20(2)10-9-14-36(8,42)21-11-16-34(6)22(21)18-23(38)30-33(5)15-13-26(32(3,4)25(33)12-17-35(30,34)7)44-31-29(41)28(40)27(39)24(19-37)43-31/h10,21-31,37-42H,9,11-19H2,1-8H3/t21-,22-,23-,24+,25?,26+,27+,28-,29+,30?,31-,33-,34-,35+,36-/m0/s1. The van der Waals surface area contributed by atoms with Crippen LogP contribution in [0.3, 0.4) is 0 Å². The molecule has 15 atom stereocenters. The molecule has 254 valence electrons. The third-order valence-electron chi connectivity index (χ3n) is 14.4. The van der Waals surface area contributed by atoms with E-state index in [2.05, 4.69) is 54.5 Å². The molecule has 0 bridgehead atoms. The fourth-order valence-electron chi connectivity index (χ4n) is 12.0. The van der Waals surface area contributed by atoms with Crippen LogP contribution in [0.15, 0.2) is 11.6 Å². The molecule has 8 heteroatoms. The second-order valence-corrected chi connectivity index (χ2v) is 17.3. The summed E-state index contributed by atoms with van der Waals surface area (Å²) in [6.07, 6.45) is 3.09. The second-order valence-electron chi connectivity index (χ2n) is 17.3. The zero-order valence-corrected chi connectivity index (χ0v) is 28.5. The van der Waals surface area contributed by atoms with E-state index >= 15 is 0 Å². The summed E-state index contributed by atoms with van der Waals surface area (Å²) < 4.78 is 12.2. The summed E-state index contributed by atoms with van der Waals surface area (Å²) >= 11 is 0. The Morgan fingerprint density at radius 3 is 2.20 bits per heavy atom. The molecule has 0 radical (unpaired) electrons. The fraction of sp³-hybridized carbons (Fsp3) is 0.944. The van der Waals surface area contributed by atoms with Gasteiger partial charge in [0.05, 0.1) is 24.4 Å². The van der Waals surface area contributed by atoms with Crippen molar-refractivity contribution in [3.8, 4) is 0 Å². The van der Waals surface area contributed by atoms with Crippen LogP contribution in [0.1, 0.15) is 113 Å². The van der Waals surface area contributed by atoms with E-state index in [1.807, 2.05) is 6.92 Å². The van der Waals surface area contributed by atoms with Crippen LogP contribution in [0.5, 0.6) is 0 Å². The molecule has 0 amide bonds. The quantitative estimate of drug-likeness (QED) is 0.182. The Kier molecular flexibility index (Phi) is 9.35. The van der Waals surface area contributed by atoms with Gasteiger partial charge < -0.3 is 40.1 Å². The molecule has 1 aliphatic heterocycles. The van der Waals surface area contributed by atoms with E-state index in [9.17, 15) is 30.6 Å². The van der Waals surface area contributed by atoms with Crippen LogP contribution in [-0.2, 0) is 9.47 Å². The molecule has 5 aliphatic rings. The molecule has 44 heavy (non-hydrogen) atoms. The largest absolute Gasteiger partial charge is 0.394 e. The first kappa shape index (κ1) is 34.7. The first-order valence-electron chi connectivity index (χ1n) is 17.3. The van der Waals surface area contributed by atoms with Crippen molar-refractivity contribution in [3.05, 3.63) is 11.6 Å². The molecule has 2 unspecified atom stereocenters. The van der Waals surface area contributed by atoms with Gasteiger partial charge in [0, 0.05) is 0 Å². The van der Waals surface area contributed by atoms with Gasteiger partial charge >= 0.3 is 0 Å². The highest BCUT2D eigenvalue weighted by Crippen LogP contribution is 2.76. The van der Waals surface area contributed by atoms with Crippen LogP contribution in [0, 0.1) is 45.3 Å². The summed E-state index contributed by atoms with van der Waals surface area (Å²) in [5.74, 6) is 0.836. The van der Waals surface area contributed by atoms with Gasteiger partial charge in [0.2, 0.25) is 0 Å². The first-order valence-corrected chi connectivity index (χ1v) is 17.3. The van der Waals surface area contributed by atoms with E-state index in [0.717, 1.165) is 57.8 Å². The van der Waals surface area contributed by atoms with Gasteiger partial charge in [-0.05, 0) is 124 Å². The lowest BCUT2D eigenvalue weighted by atomic mass is 9.35. The number of rotatable bonds is 7. The number of hydrogen-bond donors (Lipinski definition) is 6. The van der Waals surface area contributed by atoms with Crippen LogP contribution in [0.2, 0.25) is 0 Å². The summed E-state index contributed by atoms with van der Waals surface area (Å²) in [5, 5.41) is 64.9. The lowest BCUT2D eigenvalue weighted by Crippen LogP contribution is -2.68. The SMILES string of the molecule is CC(C)=CCC[C@](C)(O)[C@H]1CC[C@@]2(C)[C@H]1C[C@H](O)C1[C@@]3(C)CC[C@@H](O[C@@H]4O[C@H](CO)[C@@H](O)[C@H](O)[C@H]4O)C(C)(C)C3CC[C@]12C. The van der Waals surface area contributed by atoms with Crippen LogP contribution in [0.4, 0.5) is 0 Å². The highest BCUT2D eigenvalue weighted by molar-refractivity contribution is 5.20. The Labute approximate surface area is 265 Å². The minimum absolute atomic E-state index is 0.0316. The number of allylic oxidation sites excluding steroid dienone is 2. The van der Waals surface area contributed by atoms with Crippen LogP contribution in [0.25, 0.3) is 0 Å². The lowest BCUT2D eigenvalue weighted by molar-refractivity contribution is -0.333. The van der Waals surface area contributed by atoms with Crippen molar-refractivity contribution in [1.29, 1.82) is 0 Å². The second kappa shape index (κ2) is 11.8. The maximum absolute atomic E-state index is 12.2. The molecule has 1 heterocycles. The Balaban J connectivity index is 1.38. The average molecular weight is 623 g/mol. The van der Waals surface area contributed by atoms with Crippen molar-refractivity contribution < 1.29 is 40.1 Å². The third kappa shape index (κ3) is 5.26. The molecule has 0 aromatic heterocycles. The number of fused-ring (bicyclic) bond motifs is 5. The van der Waals surface area contributed by atoms with E-state index in [1.165, 1.54) is 5.57 Å². The van der Waals surface area contributed by atoms with Crippen LogP contribution >= 0.6 is 0 Å². The molecule has 0 spiro atoms. The molecule has 6 N–H and O–H groups in total. The van der Waals surface area contributed by atoms with E-state index in [0.29, 0.717) is 0 Å². The van der Waals surface area contributed by atoms with E-state index in [1.54, 1.807) is 0 Å². The van der Waals surface area contributed by atoms with Crippen molar-refractivity contribution >= 4 is 0 Å². The average Bonchev–Trinajstić information content (AvgIpc) is 3.28. The summed E-state index contributed by atoms with van der Waals surface area (Å²) in [7, 11) is 0. The van der Waals surface area contributed by atoms with Crippen molar-refractivity contribution in [2.45, 2.75) is 162 Å². The highest BCUT2D eigenvalue weighted by Gasteiger charge is 2.71. The van der Waals surface area contributed by atoms with Gasteiger partial charge in [0.15, 0.2) is 6.29 Å². The number of ether oxygens (including phenoxy) is 2. The number of hydrogen-bond acceptors (Lipinski definition) is 8. The van der Waals surface area contributed by atoms with E-state index in [-0.39, 0.29) is 51.4 Å². The van der Waals surface area contributed by atoms with Crippen molar-refractivity contribution in [1.82, 2.24) is 0 Å². The molecule has 8 nitrogen and oxygen atoms in total. The Bertz CT molecular complexity index is 1070. The smallest absolute Gasteiger partial charge is 0.186 e. The van der Waals surface area contributed by atoms with Crippen molar-refractivity contribution in [3.63, 3.8) is 0 Å². The molecule has 0 aromatic rings. The predicted octanol–water partition coefficient (Wildman–Crippen LogP) is 4.32. The Morgan fingerprint density at radius 1 is 0.909 bits per heavy atom. The topological polar surface area (TPSA) is 140 Å². The lowest BCUT2D eigenvalue weighted by Gasteiger charge is -2.71. The monoisotopic (exact) mass is 622 g/mol. The van der Waals surface area contributed by atoms with Gasteiger partial charge in [-0.15, -0.1) is 0 Å². The van der Waals surface area contributed by atoms with Gasteiger partial charge in [0.1, 0.15) is 24.4 Å². The first-order chi connectivity index (χ1) is 20.3. The molecule has 1 saturated heterocycles. The maximum Gasteiger partial charge on any atom is 0.186 e. The zero-order valence-electron chi connectivity index (χ0n) is 28.5. The molecule has 5 fully saturated rings. The minimum atomic E-state index is -1.47. The molecular formula is C36H62O8. The van der Waals surface area contributed by atoms with E-state index < -0.39 is 49.0 Å². The summed E-state index contributed by atoms with van der Waals surface area (Å²) in [6.45, 7) is 17.5. The normalized spacial score (nSPS) is 51.5. The summed E-state index contributed by atoms with van der Waals surface area (Å²) in [6, 6.07) is 0. The van der Waals surface area contributed by atoms with Crippen molar-refractivity contribution in [2.75, 3.05) is 6.61 Å². The molecular weight excluding hydrogens is 560 g/mol. The van der Waals surface area contributed by atoms with Crippen LogP contribution in [-0.4, -0.2) is 85.8 Å². The number of aliphatic hydroxyl groups excluding tert-OH is 5. The fourth-order valence-corrected chi connectivity index (χ4v) is 12.0. The molecule has 4 aliphatic carbocycles. The highest BCUT2D eigenvalue weighted by atomic mass is 16.7. The van der Waals surface area contributed by atoms with Gasteiger partial charge in [-0.2, -0.15) is 0 Å². The van der Waals surface area contributed by atoms with Gasteiger partial charge in [-0.3, -0.25) is 0 Å². The Morgan fingerprint density at radius 2 is 1.57 bits per heavy atom. The summed E-state index contributed by atoms with van der Waals surface area (Å²) in [4.78, 5) is 0. The molecule has 4 saturated carbocycles. The zero-order chi connectivity index (χ0) is 32.6. The minimum Gasteiger partial charge on any atom is -0.394 e. The maximum atomic E-state index is 12.2.